The van der Waals surface area contributed by atoms with Gasteiger partial charge < -0.3 is 5.73 Å². The third-order valence-corrected chi connectivity index (χ3v) is 2.10. The zero-order valence-electron chi connectivity index (χ0n) is 6.88. The Labute approximate surface area is 87.4 Å². The molecule has 0 aliphatic carbocycles. The van der Waals surface area contributed by atoms with Crippen LogP contribution >= 0.6 is 15.9 Å². The van der Waals surface area contributed by atoms with Crippen molar-refractivity contribution in [1.29, 1.82) is 0 Å². The van der Waals surface area contributed by atoms with Crippen LogP contribution in [0.3, 0.4) is 0 Å². The molecule has 0 saturated heterocycles. The highest BCUT2D eigenvalue weighted by Crippen LogP contribution is 2.17. The van der Waals surface area contributed by atoms with Crippen LogP contribution in [0.15, 0.2) is 22.7 Å². The lowest BCUT2D eigenvalue weighted by Gasteiger charge is -2.03. The lowest BCUT2D eigenvalue weighted by Crippen LogP contribution is -2.35. The molecule has 3 amide bonds. The molecule has 14 heavy (non-hydrogen) atoms. The molecule has 1 aromatic rings. The summed E-state index contributed by atoms with van der Waals surface area (Å²) in [5.41, 5.74) is 4.76. The Morgan fingerprint density at radius 2 is 2.07 bits per heavy atom. The maximum Gasteiger partial charge on any atom is 0.319 e. The molecule has 1 rings (SSSR count). The molecule has 0 heterocycles. The fourth-order valence-corrected chi connectivity index (χ4v) is 1.28. The van der Waals surface area contributed by atoms with Crippen molar-refractivity contribution >= 4 is 27.9 Å². The number of hydrogen-bond acceptors (Lipinski definition) is 2. The third kappa shape index (κ3) is 2.53. The summed E-state index contributed by atoms with van der Waals surface area (Å²) in [7, 11) is 0. The van der Waals surface area contributed by atoms with Crippen LogP contribution < -0.4 is 11.1 Å². The predicted octanol–water partition coefficient (Wildman–Crippen LogP) is 1.40. The lowest BCUT2D eigenvalue weighted by atomic mass is 10.2. The van der Waals surface area contributed by atoms with E-state index in [1.807, 2.05) is 5.32 Å². The summed E-state index contributed by atoms with van der Waals surface area (Å²) in [6.07, 6.45) is 0. The van der Waals surface area contributed by atoms with E-state index in [1.54, 1.807) is 0 Å². The molecule has 0 spiro atoms. The minimum atomic E-state index is -0.980. The number of carbonyl (C=O) groups is 2. The molecule has 1 aromatic carbocycles. The minimum absolute atomic E-state index is 0.0174. The van der Waals surface area contributed by atoms with Crippen LogP contribution in [0.4, 0.5) is 9.18 Å². The lowest BCUT2D eigenvalue weighted by molar-refractivity contribution is 0.0965. The van der Waals surface area contributed by atoms with Gasteiger partial charge in [0.25, 0.3) is 5.91 Å². The van der Waals surface area contributed by atoms with E-state index in [1.165, 1.54) is 12.1 Å². The highest BCUT2D eigenvalue weighted by atomic mass is 79.9. The van der Waals surface area contributed by atoms with Gasteiger partial charge in [-0.05, 0) is 34.1 Å². The fourth-order valence-electron chi connectivity index (χ4n) is 0.851. The second-order valence-corrected chi connectivity index (χ2v) is 3.30. The smallest absolute Gasteiger partial charge is 0.319 e. The predicted molar refractivity (Wildman–Crippen MR) is 51.1 cm³/mol. The van der Waals surface area contributed by atoms with Crippen molar-refractivity contribution in [3.05, 3.63) is 34.1 Å². The first-order chi connectivity index (χ1) is 6.50. The first kappa shape index (κ1) is 10.6. The Bertz CT molecular complexity index is 395. The zero-order chi connectivity index (χ0) is 10.7. The summed E-state index contributed by atoms with van der Waals surface area (Å²) in [6, 6.07) is 2.57. The molecule has 0 radical (unpaired) electrons. The molecule has 0 bridgehead atoms. The average molecular weight is 261 g/mol. The molecule has 0 unspecified atom stereocenters. The first-order valence-corrected chi connectivity index (χ1v) is 4.36. The van der Waals surface area contributed by atoms with Crippen LogP contribution in [0.25, 0.3) is 0 Å². The first-order valence-electron chi connectivity index (χ1n) is 3.56. The summed E-state index contributed by atoms with van der Waals surface area (Å²) in [5.74, 6) is -1.31. The van der Waals surface area contributed by atoms with Gasteiger partial charge in [-0.15, -0.1) is 0 Å². The molecule has 0 aliphatic heterocycles. The summed E-state index contributed by atoms with van der Waals surface area (Å²) in [5, 5.41) is 1.83. The van der Waals surface area contributed by atoms with Crippen molar-refractivity contribution < 1.29 is 14.0 Å². The Morgan fingerprint density at radius 1 is 1.43 bits per heavy atom. The minimum Gasteiger partial charge on any atom is -0.351 e. The van der Waals surface area contributed by atoms with E-state index in [0.29, 0.717) is 4.47 Å². The molecule has 0 saturated carbocycles. The SMILES string of the molecule is NC(=O)NC(=O)c1cc(F)ccc1Br. The maximum atomic E-state index is 12.7. The number of halogens is 2. The van der Waals surface area contributed by atoms with Gasteiger partial charge in [0.1, 0.15) is 5.82 Å². The van der Waals surface area contributed by atoms with Gasteiger partial charge in [-0.2, -0.15) is 0 Å². The van der Waals surface area contributed by atoms with Crippen LogP contribution in [-0.4, -0.2) is 11.9 Å². The molecule has 0 fully saturated rings. The van der Waals surface area contributed by atoms with Crippen molar-refractivity contribution in [2.24, 2.45) is 5.73 Å². The number of amides is 3. The quantitative estimate of drug-likeness (QED) is 0.801. The van der Waals surface area contributed by atoms with E-state index in [9.17, 15) is 14.0 Å². The second kappa shape index (κ2) is 4.19. The highest BCUT2D eigenvalue weighted by molar-refractivity contribution is 9.10. The van der Waals surface area contributed by atoms with Crippen LogP contribution in [0, 0.1) is 5.82 Å². The van der Waals surface area contributed by atoms with Crippen molar-refractivity contribution in [3.63, 3.8) is 0 Å². The van der Waals surface area contributed by atoms with Gasteiger partial charge in [-0.1, -0.05) is 0 Å². The van der Waals surface area contributed by atoms with E-state index in [2.05, 4.69) is 15.9 Å². The Hall–Kier alpha value is -1.43. The monoisotopic (exact) mass is 260 g/mol. The van der Waals surface area contributed by atoms with Gasteiger partial charge in [-0.25, -0.2) is 9.18 Å². The summed E-state index contributed by atoms with van der Waals surface area (Å²) >= 11 is 3.04. The van der Waals surface area contributed by atoms with Gasteiger partial charge in [0.2, 0.25) is 0 Å². The van der Waals surface area contributed by atoms with E-state index >= 15 is 0 Å². The van der Waals surface area contributed by atoms with Crippen LogP contribution in [0.5, 0.6) is 0 Å². The highest BCUT2D eigenvalue weighted by Gasteiger charge is 2.12. The Morgan fingerprint density at radius 3 is 2.64 bits per heavy atom. The van der Waals surface area contributed by atoms with Crippen LogP contribution in [0.2, 0.25) is 0 Å². The Kier molecular flexibility index (Phi) is 3.19. The molecule has 0 atom stereocenters. The normalized spacial score (nSPS) is 9.57. The van der Waals surface area contributed by atoms with E-state index in [4.69, 9.17) is 5.73 Å². The molecule has 3 N–H and O–H groups in total. The van der Waals surface area contributed by atoms with Crippen molar-refractivity contribution in [2.45, 2.75) is 0 Å². The molecule has 74 valence electrons. The number of benzene rings is 1. The molecule has 4 nitrogen and oxygen atoms in total. The number of rotatable bonds is 1. The van der Waals surface area contributed by atoms with Crippen molar-refractivity contribution in [3.8, 4) is 0 Å². The molecular weight excluding hydrogens is 255 g/mol. The standard InChI is InChI=1S/C8H6BrFN2O2/c9-6-2-1-4(10)3-5(6)7(13)12-8(11)14/h1-3H,(H3,11,12,13,14). The van der Waals surface area contributed by atoms with Crippen molar-refractivity contribution in [1.82, 2.24) is 5.32 Å². The zero-order valence-corrected chi connectivity index (χ0v) is 8.47. The van der Waals surface area contributed by atoms with Gasteiger partial charge in [0, 0.05) is 4.47 Å². The number of primary amides is 1. The third-order valence-electron chi connectivity index (χ3n) is 1.41. The number of nitrogens with one attached hydrogen (secondary N) is 1. The molecule has 0 aliphatic rings. The van der Waals surface area contributed by atoms with Gasteiger partial charge in [0.05, 0.1) is 5.56 Å². The number of urea groups is 1. The van der Waals surface area contributed by atoms with Gasteiger partial charge in [-0.3, -0.25) is 10.1 Å². The largest absolute Gasteiger partial charge is 0.351 e. The molecule has 0 aromatic heterocycles. The number of hydrogen-bond donors (Lipinski definition) is 2. The summed E-state index contributed by atoms with van der Waals surface area (Å²) < 4.78 is 13.1. The summed E-state index contributed by atoms with van der Waals surface area (Å²) in [4.78, 5) is 21.6. The molecular formula is C8H6BrFN2O2. The van der Waals surface area contributed by atoms with Crippen molar-refractivity contribution in [2.75, 3.05) is 0 Å². The van der Waals surface area contributed by atoms with Crippen LogP contribution in [-0.2, 0) is 0 Å². The fraction of sp³-hybridized carbons (Fsp3) is 0. The van der Waals surface area contributed by atoms with Gasteiger partial charge >= 0.3 is 6.03 Å². The van der Waals surface area contributed by atoms with Crippen LogP contribution in [0.1, 0.15) is 10.4 Å². The second-order valence-electron chi connectivity index (χ2n) is 2.44. The van der Waals surface area contributed by atoms with Gasteiger partial charge in [0.15, 0.2) is 0 Å². The van der Waals surface area contributed by atoms with E-state index in [0.717, 1.165) is 6.07 Å². The average Bonchev–Trinajstić information content (AvgIpc) is 2.08. The number of imide groups is 1. The molecule has 6 heteroatoms. The summed E-state index contributed by atoms with van der Waals surface area (Å²) in [6.45, 7) is 0. The van der Waals surface area contributed by atoms with E-state index < -0.39 is 17.8 Å². The maximum absolute atomic E-state index is 12.7. The number of nitrogens with two attached hydrogens (primary N) is 1. The van der Waals surface area contributed by atoms with E-state index in [-0.39, 0.29) is 5.56 Å². The topological polar surface area (TPSA) is 72.2 Å². The number of carbonyl (C=O) groups excluding carboxylic acids is 2. The Balaban J connectivity index is 3.00.